The molecule has 1 unspecified atom stereocenters. The van der Waals surface area contributed by atoms with Crippen LogP contribution in [0.4, 0.5) is 4.79 Å². The SMILES string of the molecule is CO[C@H]1C[C@H]2CC(NC(=O)OC(C)(C)C)CC[C@H]2[C@@H]1C=O. The molecule has 2 rings (SSSR count). The zero-order valence-corrected chi connectivity index (χ0v) is 13.4. The van der Waals surface area contributed by atoms with Crippen LogP contribution in [0.15, 0.2) is 0 Å². The van der Waals surface area contributed by atoms with Gasteiger partial charge in [0.1, 0.15) is 11.9 Å². The van der Waals surface area contributed by atoms with Crippen molar-refractivity contribution in [3.8, 4) is 0 Å². The molecule has 21 heavy (non-hydrogen) atoms. The maximum Gasteiger partial charge on any atom is 0.407 e. The Bertz CT molecular complexity index is 390. The van der Waals surface area contributed by atoms with Gasteiger partial charge in [0.25, 0.3) is 0 Å². The lowest BCUT2D eigenvalue weighted by molar-refractivity contribution is -0.115. The molecule has 1 amide bonds. The molecule has 0 aromatic rings. The van der Waals surface area contributed by atoms with Crippen LogP contribution in [-0.4, -0.2) is 37.2 Å². The number of ether oxygens (including phenoxy) is 2. The molecule has 0 aromatic heterocycles. The van der Waals surface area contributed by atoms with E-state index in [9.17, 15) is 9.59 Å². The summed E-state index contributed by atoms with van der Waals surface area (Å²) in [5.41, 5.74) is -0.474. The number of hydrogen-bond donors (Lipinski definition) is 1. The summed E-state index contributed by atoms with van der Waals surface area (Å²) >= 11 is 0. The Kier molecular flexibility index (Phi) is 4.91. The minimum absolute atomic E-state index is 0.0162. The average molecular weight is 297 g/mol. The molecule has 120 valence electrons. The van der Waals surface area contributed by atoms with Crippen LogP contribution >= 0.6 is 0 Å². The Labute approximate surface area is 126 Å². The van der Waals surface area contributed by atoms with E-state index in [1.54, 1.807) is 7.11 Å². The lowest BCUT2D eigenvalue weighted by Gasteiger charge is -2.33. The van der Waals surface area contributed by atoms with Crippen LogP contribution in [0.3, 0.4) is 0 Å². The summed E-state index contributed by atoms with van der Waals surface area (Å²) < 4.78 is 10.8. The maximum atomic E-state index is 11.8. The highest BCUT2D eigenvalue weighted by molar-refractivity contribution is 5.68. The predicted molar refractivity (Wildman–Crippen MR) is 79.0 cm³/mol. The van der Waals surface area contributed by atoms with Gasteiger partial charge in [-0.15, -0.1) is 0 Å². The summed E-state index contributed by atoms with van der Waals surface area (Å²) in [4.78, 5) is 23.1. The molecule has 0 heterocycles. The summed E-state index contributed by atoms with van der Waals surface area (Å²) in [6.45, 7) is 5.58. The van der Waals surface area contributed by atoms with Gasteiger partial charge in [-0.2, -0.15) is 0 Å². The van der Waals surface area contributed by atoms with E-state index in [1.807, 2.05) is 20.8 Å². The molecular formula is C16H27NO4. The number of fused-ring (bicyclic) bond motifs is 1. The van der Waals surface area contributed by atoms with Crippen molar-refractivity contribution in [2.75, 3.05) is 7.11 Å². The second kappa shape index (κ2) is 6.34. The first-order valence-corrected chi connectivity index (χ1v) is 7.81. The van der Waals surface area contributed by atoms with Gasteiger partial charge in [-0.25, -0.2) is 4.79 Å². The van der Waals surface area contributed by atoms with Crippen molar-refractivity contribution in [2.45, 2.75) is 64.2 Å². The smallest absolute Gasteiger partial charge is 0.407 e. The van der Waals surface area contributed by atoms with E-state index in [0.29, 0.717) is 11.8 Å². The zero-order valence-electron chi connectivity index (χ0n) is 13.4. The van der Waals surface area contributed by atoms with Crippen molar-refractivity contribution in [2.24, 2.45) is 17.8 Å². The van der Waals surface area contributed by atoms with Crippen LogP contribution in [-0.2, 0) is 14.3 Å². The van der Waals surface area contributed by atoms with Crippen molar-refractivity contribution >= 4 is 12.4 Å². The quantitative estimate of drug-likeness (QED) is 0.813. The van der Waals surface area contributed by atoms with Crippen molar-refractivity contribution in [1.82, 2.24) is 5.32 Å². The number of methoxy groups -OCH3 is 1. The number of rotatable bonds is 3. The fourth-order valence-corrected chi connectivity index (χ4v) is 3.84. The largest absolute Gasteiger partial charge is 0.444 e. The molecule has 0 aromatic carbocycles. The fraction of sp³-hybridized carbons (Fsp3) is 0.875. The summed E-state index contributed by atoms with van der Waals surface area (Å²) in [6, 6.07) is 0.143. The topological polar surface area (TPSA) is 64.6 Å². The summed E-state index contributed by atoms with van der Waals surface area (Å²) in [6.07, 6.45) is 4.44. The molecule has 0 aliphatic heterocycles. The summed E-state index contributed by atoms with van der Waals surface area (Å²) in [7, 11) is 1.68. The molecule has 2 saturated carbocycles. The monoisotopic (exact) mass is 297 g/mol. The Balaban J connectivity index is 1.89. The normalized spacial score (nSPS) is 35.9. The third-order valence-electron chi connectivity index (χ3n) is 4.68. The van der Waals surface area contributed by atoms with Gasteiger partial charge in [0.2, 0.25) is 0 Å². The molecule has 5 heteroatoms. The second-order valence-electron chi connectivity index (χ2n) is 7.30. The van der Waals surface area contributed by atoms with E-state index in [1.165, 1.54) is 0 Å². The van der Waals surface area contributed by atoms with Crippen LogP contribution in [0.1, 0.15) is 46.5 Å². The number of alkyl carbamates (subject to hydrolysis) is 1. The van der Waals surface area contributed by atoms with Crippen molar-refractivity contribution in [3.63, 3.8) is 0 Å². The molecule has 0 spiro atoms. The molecule has 1 N–H and O–H groups in total. The fourth-order valence-electron chi connectivity index (χ4n) is 3.84. The molecule has 0 saturated heterocycles. The Hall–Kier alpha value is -1.10. The Morgan fingerprint density at radius 2 is 1.95 bits per heavy atom. The minimum Gasteiger partial charge on any atom is -0.444 e. The molecule has 5 nitrogen and oxygen atoms in total. The van der Waals surface area contributed by atoms with Crippen molar-refractivity contribution < 1.29 is 19.1 Å². The van der Waals surface area contributed by atoms with E-state index >= 15 is 0 Å². The number of carbonyl (C=O) groups is 2. The number of aldehydes is 1. The van der Waals surface area contributed by atoms with E-state index in [4.69, 9.17) is 9.47 Å². The molecular weight excluding hydrogens is 270 g/mol. The third kappa shape index (κ3) is 3.96. The highest BCUT2D eigenvalue weighted by atomic mass is 16.6. The van der Waals surface area contributed by atoms with Crippen LogP contribution in [0.2, 0.25) is 0 Å². The molecule has 0 bridgehead atoms. The van der Waals surface area contributed by atoms with E-state index in [2.05, 4.69) is 5.32 Å². The van der Waals surface area contributed by atoms with Gasteiger partial charge in [-0.05, 0) is 58.3 Å². The number of amides is 1. The van der Waals surface area contributed by atoms with E-state index in [0.717, 1.165) is 32.0 Å². The Morgan fingerprint density at radius 3 is 2.52 bits per heavy atom. The van der Waals surface area contributed by atoms with Gasteiger partial charge in [-0.3, -0.25) is 0 Å². The lowest BCUT2D eigenvalue weighted by Crippen LogP contribution is -2.43. The zero-order chi connectivity index (χ0) is 15.6. The maximum absolute atomic E-state index is 11.8. The second-order valence-corrected chi connectivity index (χ2v) is 7.30. The first-order chi connectivity index (χ1) is 9.84. The first kappa shape index (κ1) is 16.3. The molecule has 2 aliphatic carbocycles. The van der Waals surface area contributed by atoms with Gasteiger partial charge >= 0.3 is 6.09 Å². The minimum atomic E-state index is -0.474. The number of carbonyl (C=O) groups excluding carboxylic acids is 2. The van der Waals surface area contributed by atoms with Gasteiger partial charge < -0.3 is 19.6 Å². The van der Waals surface area contributed by atoms with Gasteiger partial charge in [0.15, 0.2) is 0 Å². The van der Waals surface area contributed by atoms with Gasteiger partial charge in [-0.1, -0.05) is 0 Å². The highest BCUT2D eigenvalue weighted by Crippen LogP contribution is 2.46. The first-order valence-electron chi connectivity index (χ1n) is 7.81. The third-order valence-corrected chi connectivity index (χ3v) is 4.68. The van der Waals surface area contributed by atoms with Crippen molar-refractivity contribution in [3.05, 3.63) is 0 Å². The van der Waals surface area contributed by atoms with Crippen molar-refractivity contribution in [1.29, 1.82) is 0 Å². The average Bonchev–Trinajstić information content (AvgIpc) is 2.73. The van der Waals surface area contributed by atoms with Crippen LogP contribution in [0, 0.1) is 17.8 Å². The lowest BCUT2D eigenvalue weighted by atomic mass is 9.76. The summed E-state index contributed by atoms with van der Waals surface area (Å²) in [5, 5.41) is 2.96. The molecule has 0 radical (unpaired) electrons. The summed E-state index contributed by atoms with van der Waals surface area (Å²) in [5.74, 6) is 0.880. The standard InChI is InChI=1S/C16H27NO4/c1-16(2,3)21-15(19)17-11-5-6-12-10(7-11)8-14(20-4)13(12)9-18/h9-14H,5-8H2,1-4H3,(H,17,19)/t10-,11?,12-,13+,14+/m1/s1. The van der Waals surface area contributed by atoms with Crippen LogP contribution in [0.5, 0.6) is 0 Å². The Morgan fingerprint density at radius 1 is 1.24 bits per heavy atom. The van der Waals surface area contributed by atoms with E-state index < -0.39 is 5.60 Å². The van der Waals surface area contributed by atoms with Gasteiger partial charge in [0.05, 0.1) is 6.10 Å². The highest BCUT2D eigenvalue weighted by Gasteiger charge is 2.46. The van der Waals surface area contributed by atoms with Crippen LogP contribution < -0.4 is 5.32 Å². The van der Waals surface area contributed by atoms with E-state index in [-0.39, 0.29) is 24.2 Å². The number of hydrogen-bond acceptors (Lipinski definition) is 4. The van der Waals surface area contributed by atoms with Crippen LogP contribution in [0.25, 0.3) is 0 Å². The predicted octanol–water partition coefficient (Wildman–Crippen LogP) is 2.53. The molecule has 5 atom stereocenters. The molecule has 2 aliphatic rings. The molecule has 2 fully saturated rings. The van der Waals surface area contributed by atoms with Gasteiger partial charge in [0, 0.05) is 19.1 Å². The number of nitrogens with one attached hydrogen (secondary N) is 1.